The number of nitrogens with one attached hydrogen (secondary N) is 1. The van der Waals surface area contributed by atoms with Crippen molar-refractivity contribution in [1.82, 2.24) is 10.2 Å². The van der Waals surface area contributed by atoms with E-state index in [-0.39, 0.29) is 18.7 Å². The topological polar surface area (TPSA) is 50.8 Å². The molecule has 110 valence electrons. The van der Waals surface area contributed by atoms with E-state index >= 15 is 0 Å². The molecular weight excluding hydrogens is 280 g/mol. The second-order valence-corrected chi connectivity index (χ2v) is 5.17. The van der Waals surface area contributed by atoms with E-state index < -0.39 is 0 Å². The third-order valence-corrected chi connectivity index (χ3v) is 3.60. The Morgan fingerprint density at radius 1 is 1.50 bits per heavy atom. The molecule has 1 amide bonds. The molecule has 0 saturated carbocycles. The summed E-state index contributed by atoms with van der Waals surface area (Å²) < 4.78 is 10.6. The van der Waals surface area contributed by atoms with Gasteiger partial charge in [0.1, 0.15) is 0 Å². The molecular formula is C14H19ClN2O3. The normalized spacial score (nSPS) is 14.2. The lowest BCUT2D eigenvalue weighted by atomic mass is 10.2. The number of likely N-dealkylation sites (N-methyl/N-ethyl adjacent to an activating group) is 1. The minimum absolute atomic E-state index is 0.0688. The zero-order chi connectivity index (χ0) is 14.7. The van der Waals surface area contributed by atoms with E-state index in [1.165, 1.54) is 0 Å². The van der Waals surface area contributed by atoms with Crippen LogP contribution in [0.3, 0.4) is 0 Å². The van der Waals surface area contributed by atoms with E-state index in [1.807, 2.05) is 26.0 Å². The van der Waals surface area contributed by atoms with Crippen LogP contribution in [0.2, 0.25) is 5.02 Å². The quantitative estimate of drug-likeness (QED) is 0.904. The number of benzene rings is 1. The Hall–Kier alpha value is -1.46. The summed E-state index contributed by atoms with van der Waals surface area (Å²) in [5.74, 6) is 1.31. The average molecular weight is 299 g/mol. The number of carbonyl (C=O) groups is 1. The van der Waals surface area contributed by atoms with Gasteiger partial charge < -0.3 is 19.7 Å². The number of ether oxygens (including phenoxy) is 2. The van der Waals surface area contributed by atoms with Gasteiger partial charge in [0.25, 0.3) is 0 Å². The summed E-state index contributed by atoms with van der Waals surface area (Å²) in [5.41, 5.74) is 0.957. The number of rotatable bonds is 5. The van der Waals surface area contributed by atoms with E-state index in [1.54, 1.807) is 11.9 Å². The van der Waals surface area contributed by atoms with Crippen molar-refractivity contribution in [3.8, 4) is 11.5 Å². The van der Waals surface area contributed by atoms with Crippen LogP contribution >= 0.6 is 11.6 Å². The predicted octanol–water partition coefficient (Wildman–Crippen LogP) is 2.03. The molecule has 0 fully saturated rings. The zero-order valence-electron chi connectivity index (χ0n) is 11.9. The molecule has 0 aromatic heterocycles. The van der Waals surface area contributed by atoms with Crippen LogP contribution in [0.25, 0.3) is 0 Å². The van der Waals surface area contributed by atoms with E-state index in [4.69, 9.17) is 21.1 Å². The first kappa shape index (κ1) is 14.9. The number of fused-ring (bicyclic) bond motifs is 1. The second-order valence-electron chi connectivity index (χ2n) is 4.77. The van der Waals surface area contributed by atoms with Gasteiger partial charge in [0.05, 0.1) is 11.1 Å². The fraction of sp³-hybridized carbons (Fsp3) is 0.500. The van der Waals surface area contributed by atoms with Gasteiger partial charge in [0.2, 0.25) is 12.7 Å². The van der Waals surface area contributed by atoms with Gasteiger partial charge in [0.15, 0.2) is 11.5 Å². The maximum absolute atomic E-state index is 11.9. The third-order valence-electron chi connectivity index (χ3n) is 3.32. The lowest BCUT2D eigenvalue weighted by molar-refractivity contribution is -0.131. The van der Waals surface area contributed by atoms with Crippen molar-refractivity contribution in [2.45, 2.75) is 26.4 Å². The van der Waals surface area contributed by atoms with Gasteiger partial charge in [-0.25, -0.2) is 0 Å². The zero-order valence-corrected chi connectivity index (χ0v) is 12.7. The number of nitrogens with zero attached hydrogens (tertiary/aromatic N) is 1. The van der Waals surface area contributed by atoms with Gasteiger partial charge in [0, 0.05) is 20.1 Å². The highest BCUT2D eigenvalue weighted by atomic mass is 35.5. The van der Waals surface area contributed by atoms with E-state index in [0.29, 0.717) is 29.6 Å². The highest BCUT2D eigenvalue weighted by Crippen LogP contribution is 2.39. The summed E-state index contributed by atoms with van der Waals surface area (Å²) in [6.45, 7) is 5.23. The Morgan fingerprint density at radius 2 is 2.25 bits per heavy atom. The minimum Gasteiger partial charge on any atom is -0.454 e. The Kier molecular flexibility index (Phi) is 4.73. The molecule has 2 rings (SSSR count). The van der Waals surface area contributed by atoms with Gasteiger partial charge in [-0.05, 0) is 31.5 Å². The fourth-order valence-electron chi connectivity index (χ4n) is 1.97. The summed E-state index contributed by atoms with van der Waals surface area (Å²) in [6.07, 6.45) is 0. The molecule has 1 heterocycles. The summed E-state index contributed by atoms with van der Waals surface area (Å²) in [4.78, 5) is 13.6. The average Bonchev–Trinajstić information content (AvgIpc) is 2.92. The molecule has 1 aliphatic heterocycles. The molecule has 0 saturated heterocycles. The molecule has 0 radical (unpaired) electrons. The standard InChI is InChI=1S/C14H19ClN2O3/c1-4-17(3)14(18)9(2)16-7-10-5-11(15)13-12(6-10)19-8-20-13/h5-6,9,16H,4,7-8H2,1-3H3. The number of hydrogen-bond acceptors (Lipinski definition) is 4. The van der Waals surface area contributed by atoms with Gasteiger partial charge in [-0.3, -0.25) is 4.79 Å². The first-order valence-corrected chi connectivity index (χ1v) is 6.97. The van der Waals surface area contributed by atoms with Gasteiger partial charge in [-0.2, -0.15) is 0 Å². The highest BCUT2D eigenvalue weighted by molar-refractivity contribution is 6.32. The molecule has 6 heteroatoms. The molecule has 1 atom stereocenters. The van der Waals surface area contributed by atoms with Crippen molar-refractivity contribution in [2.75, 3.05) is 20.4 Å². The van der Waals surface area contributed by atoms with Gasteiger partial charge >= 0.3 is 0 Å². The Balaban J connectivity index is 1.98. The van der Waals surface area contributed by atoms with Crippen LogP contribution in [0.1, 0.15) is 19.4 Å². The van der Waals surface area contributed by atoms with Crippen molar-refractivity contribution in [3.63, 3.8) is 0 Å². The van der Waals surface area contributed by atoms with Gasteiger partial charge in [-0.1, -0.05) is 11.6 Å². The Labute approximate surface area is 123 Å². The summed E-state index contributed by atoms with van der Waals surface area (Å²) >= 11 is 6.12. The maximum atomic E-state index is 11.9. The Bertz CT molecular complexity index is 507. The van der Waals surface area contributed by atoms with E-state index in [0.717, 1.165) is 5.56 Å². The van der Waals surface area contributed by atoms with Crippen LogP contribution < -0.4 is 14.8 Å². The molecule has 0 aliphatic carbocycles. The number of carbonyl (C=O) groups excluding carboxylic acids is 1. The molecule has 5 nitrogen and oxygen atoms in total. The van der Waals surface area contributed by atoms with Crippen LogP contribution in [-0.2, 0) is 11.3 Å². The number of amides is 1. The highest BCUT2D eigenvalue weighted by Gasteiger charge is 2.19. The predicted molar refractivity (Wildman–Crippen MR) is 77.2 cm³/mol. The summed E-state index contributed by atoms with van der Waals surface area (Å²) in [5, 5.41) is 3.72. The molecule has 1 aromatic rings. The van der Waals surface area contributed by atoms with Crippen molar-refractivity contribution >= 4 is 17.5 Å². The largest absolute Gasteiger partial charge is 0.454 e. The van der Waals surface area contributed by atoms with Crippen molar-refractivity contribution in [1.29, 1.82) is 0 Å². The Morgan fingerprint density at radius 3 is 2.95 bits per heavy atom. The monoisotopic (exact) mass is 298 g/mol. The van der Waals surface area contributed by atoms with Crippen LogP contribution in [0.5, 0.6) is 11.5 Å². The van der Waals surface area contributed by atoms with Gasteiger partial charge in [-0.15, -0.1) is 0 Å². The minimum atomic E-state index is -0.246. The van der Waals surface area contributed by atoms with Crippen LogP contribution in [0, 0.1) is 0 Å². The molecule has 1 aliphatic rings. The smallest absolute Gasteiger partial charge is 0.239 e. The molecule has 0 bridgehead atoms. The van der Waals surface area contributed by atoms with Crippen molar-refractivity contribution in [2.24, 2.45) is 0 Å². The second kappa shape index (κ2) is 6.33. The first-order valence-electron chi connectivity index (χ1n) is 6.59. The lowest BCUT2D eigenvalue weighted by Gasteiger charge is -2.20. The van der Waals surface area contributed by atoms with Crippen molar-refractivity contribution < 1.29 is 14.3 Å². The molecule has 1 aromatic carbocycles. The maximum Gasteiger partial charge on any atom is 0.239 e. The number of halogens is 1. The molecule has 20 heavy (non-hydrogen) atoms. The molecule has 1 N–H and O–H groups in total. The third kappa shape index (κ3) is 3.16. The molecule has 0 spiro atoms. The van der Waals surface area contributed by atoms with Crippen LogP contribution in [-0.4, -0.2) is 37.2 Å². The summed E-state index contributed by atoms with van der Waals surface area (Å²) in [6, 6.07) is 3.45. The number of hydrogen-bond donors (Lipinski definition) is 1. The molecule has 1 unspecified atom stereocenters. The van der Waals surface area contributed by atoms with E-state index in [2.05, 4.69) is 5.32 Å². The van der Waals surface area contributed by atoms with Crippen LogP contribution in [0.15, 0.2) is 12.1 Å². The van der Waals surface area contributed by atoms with Crippen molar-refractivity contribution in [3.05, 3.63) is 22.7 Å². The SMILES string of the molecule is CCN(C)C(=O)C(C)NCc1cc(Cl)c2c(c1)OCO2. The lowest BCUT2D eigenvalue weighted by Crippen LogP contribution is -2.42. The van der Waals surface area contributed by atoms with Crippen LogP contribution in [0.4, 0.5) is 0 Å². The first-order chi connectivity index (χ1) is 9.52. The summed E-state index contributed by atoms with van der Waals surface area (Å²) in [7, 11) is 1.79. The fourth-order valence-corrected chi connectivity index (χ4v) is 2.26. The van der Waals surface area contributed by atoms with E-state index in [9.17, 15) is 4.79 Å².